The summed E-state index contributed by atoms with van der Waals surface area (Å²) in [7, 11) is 0. The summed E-state index contributed by atoms with van der Waals surface area (Å²) in [6.07, 6.45) is 7.84. The van der Waals surface area contributed by atoms with Crippen LogP contribution in [0.2, 0.25) is 0 Å². The molecule has 5 heterocycles. The van der Waals surface area contributed by atoms with Crippen molar-refractivity contribution in [2.75, 3.05) is 0 Å². The molecule has 0 unspecified atom stereocenters. The third-order valence-corrected chi connectivity index (χ3v) is 9.34. The zero-order valence-electron chi connectivity index (χ0n) is 26.8. The largest absolute Gasteiger partial charge is 0.355 e. The van der Waals surface area contributed by atoms with Gasteiger partial charge in [0.25, 0.3) is 0 Å². The molecule has 0 fully saturated rings. The number of rotatable bonds is 8. The average molecular weight is 549 g/mol. The van der Waals surface area contributed by atoms with Gasteiger partial charge in [-0.25, -0.2) is 9.97 Å². The maximum absolute atomic E-state index is 5.38. The predicted molar refractivity (Wildman–Crippen MR) is 178 cm³/mol. The number of allylic oxidation sites excluding steroid dienone is 4. The van der Waals surface area contributed by atoms with Gasteiger partial charge in [0.05, 0.1) is 22.8 Å². The van der Waals surface area contributed by atoms with Crippen molar-refractivity contribution in [3.05, 3.63) is 68.8 Å². The van der Waals surface area contributed by atoms with E-state index in [0.717, 1.165) is 74.1 Å². The van der Waals surface area contributed by atoms with E-state index in [-0.39, 0.29) is 0 Å². The van der Waals surface area contributed by atoms with Crippen molar-refractivity contribution in [2.24, 2.45) is 0 Å². The highest BCUT2D eigenvalue weighted by atomic mass is 14.8. The highest BCUT2D eigenvalue weighted by Crippen LogP contribution is 2.41. The smallest absolute Gasteiger partial charge is 0.0723 e. The Bertz CT molecular complexity index is 1600. The molecule has 3 aromatic rings. The Balaban J connectivity index is 2.07. The van der Waals surface area contributed by atoms with Crippen LogP contribution in [0.25, 0.3) is 44.4 Å². The zero-order valence-corrected chi connectivity index (χ0v) is 26.8. The van der Waals surface area contributed by atoms with Crippen molar-refractivity contribution in [2.45, 2.75) is 114 Å². The quantitative estimate of drug-likeness (QED) is 0.294. The number of aryl methyl sites for hydroxylation is 4. The highest BCUT2D eigenvalue weighted by Gasteiger charge is 2.25. The van der Waals surface area contributed by atoms with Gasteiger partial charge in [-0.3, -0.25) is 0 Å². The van der Waals surface area contributed by atoms with E-state index in [1.165, 1.54) is 72.2 Å². The van der Waals surface area contributed by atoms with Gasteiger partial charge in [-0.05, 0) is 121 Å². The van der Waals surface area contributed by atoms with E-state index in [2.05, 4.69) is 90.5 Å². The molecule has 0 atom stereocenters. The average Bonchev–Trinajstić information content (AvgIpc) is 3.71. The van der Waals surface area contributed by atoms with Gasteiger partial charge in [-0.15, -0.1) is 0 Å². The zero-order chi connectivity index (χ0) is 29.4. The second kappa shape index (κ2) is 11.8. The fourth-order valence-corrected chi connectivity index (χ4v) is 7.40. The van der Waals surface area contributed by atoms with Crippen molar-refractivity contribution in [3.8, 4) is 0 Å². The summed E-state index contributed by atoms with van der Waals surface area (Å²) in [4.78, 5) is 18.5. The standard InChI is InChI=1S/C37H48N4/c1-10-22-24(12-3)32-19-34-26(14-5)28(16-7)36(40-34)21(9)37-29(17-8)27(15-6)35(41-37)20-33-25(13-4)23(11-2)31(39-33)18-30(22)38-32/h18-20,38-39H,10-17H2,1-9H3. The van der Waals surface area contributed by atoms with Crippen molar-refractivity contribution in [1.82, 2.24) is 19.9 Å². The lowest BCUT2D eigenvalue weighted by molar-refractivity contribution is 1.07. The van der Waals surface area contributed by atoms with E-state index in [9.17, 15) is 0 Å². The molecule has 0 aromatic carbocycles. The van der Waals surface area contributed by atoms with Crippen LogP contribution in [0.4, 0.5) is 0 Å². The van der Waals surface area contributed by atoms with E-state index in [1.807, 2.05) is 0 Å². The van der Waals surface area contributed by atoms with Gasteiger partial charge in [0.1, 0.15) is 0 Å². The highest BCUT2D eigenvalue weighted by molar-refractivity contribution is 5.97. The Kier molecular flexibility index (Phi) is 8.40. The van der Waals surface area contributed by atoms with Crippen LogP contribution in [0.1, 0.15) is 132 Å². The van der Waals surface area contributed by atoms with Crippen LogP contribution in [-0.2, 0) is 25.7 Å². The molecule has 0 amide bonds. The lowest BCUT2D eigenvalue weighted by Crippen LogP contribution is -1.93. The molecule has 0 saturated heterocycles. The second-order valence-electron chi connectivity index (χ2n) is 11.3. The molecule has 0 aliphatic carbocycles. The maximum atomic E-state index is 5.38. The van der Waals surface area contributed by atoms with Crippen LogP contribution in [0.5, 0.6) is 0 Å². The van der Waals surface area contributed by atoms with E-state index in [4.69, 9.17) is 9.97 Å². The number of nitrogens with one attached hydrogen (secondary N) is 2. The molecule has 8 bridgehead atoms. The van der Waals surface area contributed by atoms with Crippen LogP contribution in [0.3, 0.4) is 0 Å². The Morgan fingerprint density at radius 2 is 0.756 bits per heavy atom. The Morgan fingerprint density at radius 3 is 1.05 bits per heavy atom. The van der Waals surface area contributed by atoms with Gasteiger partial charge in [-0.2, -0.15) is 0 Å². The van der Waals surface area contributed by atoms with E-state index >= 15 is 0 Å². The van der Waals surface area contributed by atoms with Crippen LogP contribution in [0.15, 0.2) is 18.2 Å². The monoisotopic (exact) mass is 548 g/mol. The summed E-state index contributed by atoms with van der Waals surface area (Å²) in [5, 5.41) is 0. The van der Waals surface area contributed by atoms with Crippen LogP contribution >= 0.6 is 0 Å². The number of fused-ring (bicyclic) bond motifs is 8. The number of nitrogens with zero attached hydrogens (tertiary/aromatic N) is 2. The van der Waals surface area contributed by atoms with E-state index < -0.39 is 0 Å². The summed E-state index contributed by atoms with van der Waals surface area (Å²) < 4.78 is 0. The Labute approximate surface area is 246 Å². The molecule has 5 rings (SSSR count). The predicted octanol–water partition coefficient (Wildman–Crippen LogP) is 10.3. The molecule has 0 saturated carbocycles. The minimum absolute atomic E-state index is 0.966. The molecule has 3 aromatic heterocycles. The van der Waals surface area contributed by atoms with Crippen molar-refractivity contribution in [1.29, 1.82) is 0 Å². The molecule has 4 nitrogen and oxygen atoms in total. The number of hydrogen-bond acceptors (Lipinski definition) is 2. The minimum Gasteiger partial charge on any atom is -0.355 e. The number of H-pyrrole nitrogens is 2. The maximum Gasteiger partial charge on any atom is 0.0723 e. The van der Waals surface area contributed by atoms with Gasteiger partial charge in [-0.1, -0.05) is 55.4 Å². The van der Waals surface area contributed by atoms with Gasteiger partial charge in [0.2, 0.25) is 0 Å². The third kappa shape index (κ3) is 4.70. The van der Waals surface area contributed by atoms with E-state index in [0.29, 0.717) is 0 Å². The Hall–Kier alpha value is -3.40. The number of hydrogen-bond donors (Lipinski definition) is 2. The van der Waals surface area contributed by atoms with Gasteiger partial charge in [0.15, 0.2) is 0 Å². The first-order chi connectivity index (χ1) is 19.9. The van der Waals surface area contributed by atoms with Crippen LogP contribution in [-0.4, -0.2) is 19.9 Å². The van der Waals surface area contributed by atoms with E-state index in [1.54, 1.807) is 0 Å². The van der Waals surface area contributed by atoms with Gasteiger partial charge in [0, 0.05) is 27.6 Å². The molecular weight excluding hydrogens is 500 g/mol. The lowest BCUT2D eigenvalue weighted by Gasteiger charge is -2.08. The summed E-state index contributed by atoms with van der Waals surface area (Å²) in [6, 6.07) is 7.01. The first kappa shape index (κ1) is 29.1. The number of aromatic nitrogens is 4. The van der Waals surface area contributed by atoms with Crippen molar-refractivity contribution in [3.63, 3.8) is 0 Å². The third-order valence-electron chi connectivity index (χ3n) is 9.34. The normalized spacial score (nSPS) is 13.6. The Morgan fingerprint density at radius 1 is 0.439 bits per heavy atom. The first-order valence-corrected chi connectivity index (χ1v) is 16.1. The minimum atomic E-state index is 0.966. The molecular formula is C37H48N4. The summed E-state index contributed by atoms with van der Waals surface area (Å²) >= 11 is 0. The first-order valence-electron chi connectivity index (χ1n) is 16.1. The van der Waals surface area contributed by atoms with Crippen LogP contribution < -0.4 is 0 Å². The van der Waals surface area contributed by atoms with Crippen molar-refractivity contribution < 1.29 is 0 Å². The topological polar surface area (TPSA) is 57.4 Å². The molecule has 2 aliphatic rings. The van der Waals surface area contributed by atoms with Gasteiger partial charge >= 0.3 is 0 Å². The molecule has 4 heteroatoms. The second-order valence-corrected chi connectivity index (χ2v) is 11.3. The SMILES string of the molecule is CCC1=C(CC)c2nc1cc1[nH]c(cc3[nH]c(cc4nc(c2C)C(CC)=C4CC)c(CC)c3CC)c(CC)c1CC. The molecule has 41 heavy (non-hydrogen) atoms. The summed E-state index contributed by atoms with van der Waals surface area (Å²) in [6.45, 7) is 20.4. The van der Waals surface area contributed by atoms with Crippen molar-refractivity contribution >= 4 is 44.4 Å². The fourth-order valence-electron chi connectivity index (χ4n) is 7.40. The summed E-state index contributed by atoms with van der Waals surface area (Å²) in [5.74, 6) is 0. The number of aromatic amines is 2. The summed E-state index contributed by atoms with van der Waals surface area (Å²) in [5.41, 5.74) is 21.6. The van der Waals surface area contributed by atoms with Crippen LogP contribution in [0, 0.1) is 6.92 Å². The fraction of sp³-hybridized carbons (Fsp3) is 0.459. The molecule has 2 aliphatic heterocycles. The molecule has 0 radical (unpaired) electrons. The van der Waals surface area contributed by atoms with Gasteiger partial charge < -0.3 is 9.97 Å². The molecule has 0 spiro atoms. The molecule has 216 valence electrons. The molecule has 2 N–H and O–H groups in total. The lowest BCUT2D eigenvalue weighted by atomic mass is 9.94.